The molecule has 164 valence electrons. The van der Waals surface area contributed by atoms with Crippen molar-refractivity contribution in [1.82, 2.24) is 4.98 Å². The van der Waals surface area contributed by atoms with Crippen LogP contribution in [0, 0.1) is 0 Å². The van der Waals surface area contributed by atoms with Crippen LogP contribution >= 0.6 is 11.3 Å². The van der Waals surface area contributed by atoms with E-state index in [0.29, 0.717) is 18.7 Å². The Labute approximate surface area is 188 Å². The highest BCUT2D eigenvalue weighted by atomic mass is 32.1. The van der Waals surface area contributed by atoms with Gasteiger partial charge in [-0.15, -0.1) is 0 Å². The van der Waals surface area contributed by atoms with Crippen LogP contribution in [0.4, 0.5) is 5.13 Å². The van der Waals surface area contributed by atoms with Gasteiger partial charge in [0, 0.05) is 12.2 Å². The number of anilines is 1. The first-order valence-electron chi connectivity index (χ1n) is 11.2. The third-order valence-corrected chi connectivity index (χ3v) is 6.67. The molecule has 1 atom stereocenters. The predicted molar refractivity (Wildman–Crippen MR) is 126 cm³/mol. The summed E-state index contributed by atoms with van der Waals surface area (Å²) in [6.45, 7) is 6.25. The molecule has 0 aliphatic carbocycles. The van der Waals surface area contributed by atoms with Crippen LogP contribution in [0.3, 0.4) is 0 Å². The summed E-state index contributed by atoms with van der Waals surface area (Å²) in [5, 5.41) is 0.736. The van der Waals surface area contributed by atoms with Gasteiger partial charge in [0.25, 0.3) is 5.91 Å². The standard InChI is InChI=1S/C25H30N2O3S/c1-3-5-15-29-20-13-11-19(12-14-20)24(28)27(17-21-9-7-16-30-21)25-26-23-18(4-2)8-6-10-22(23)31-25/h6,8,10-14,21H,3-5,7,9,15-17H2,1-2H3. The Morgan fingerprint density at radius 1 is 1.23 bits per heavy atom. The summed E-state index contributed by atoms with van der Waals surface area (Å²) < 4.78 is 12.7. The van der Waals surface area contributed by atoms with E-state index in [1.165, 1.54) is 5.56 Å². The van der Waals surface area contributed by atoms with E-state index >= 15 is 0 Å². The second-order valence-electron chi connectivity index (χ2n) is 7.89. The number of ether oxygens (including phenoxy) is 2. The van der Waals surface area contributed by atoms with Gasteiger partial charge in [-0.2, -0.15) is 0 Å². The summed E-state index contributed by atoms with van der Waals surface area (Å²) in [5.74, 6) is 0.746. The Morgan fingerprint density at radius 2 is 2.06 bits per heavy atom. The smallest absolute Gasteiger partial charge is 0.260 e. The van der Waals surface area contributed by atoms with E-state index in [2.05, 4.69) is 32.0 Å². The molecule has 0 N–H and O–H groups in total. The summed E-state index contributed by atoms with van der Waals surface area (Å²) in [6, 6.07) is 13.7. The van der Waals surface area contributed by atoms with Gasteiger partial charge >= 0.3 is 0 Å². The molecule has 0 radical (unpaired) electrons. The van der Waals surface area contributed by atoms with Gasteiger partial charge in [0.15, 0.2) is 5.13 Å². The van der Waals surface area contributed by atoms with Crippen molar-refractivity contribution in [3.63, 3.8) is 0 Å². The number of carbonyl (C=O) groups excluding carboxylic acids is 1. The van der Waals surface area contributed by atoms with Gasteiger partial charge in [0.1, 0.15) is 5.75 Å². The molecule has 2 aromatic carbocycles. The zero-order valence-corrected chi connectivity index (χ0v) is 19.1. The number of para-hydroxylation sites is 1. The number of carbonyl (C=O) groups is 1. The molecular weight excluding hydrogens is 408 g/mol. The number of unbranched alkanes of at least 4 members (excludes halogenated alkanes) is 1. The Kier molecular flexibility index (Phi) is 7.20. The van der Waals surface area contributed by atoms with Crippen LogP contribution in [0.2, 0.25) is 0 Å². The third kappa shape index (κ3) is 5.08. The number of rotatable bonds is 9. The second-order valence-corrected chi connectivity index (χ2v) is 8.90. The number of hydrogen-bond acceptors (Lipinski definition) is 5. The molecule has 1 saturated heterocycles. The van der Waals surface area contributed by atoms with Crippen molar-refractivity contribution in [2.75, 3.05) is 24.7 Å². The predicted octanol–water partition coefficient (Wildman–Crippen LogP) is 5.86. The van der Waals surface area contributed by atoms with E-state index in [1.807, 2.05) is 24.3 Å². The molecule has 1 aliphatic heterocycles. The maximum atomic E-state index is 13.5. The Bertz CT molecular complexity index is 1010. The topological polar surface area (TPSA) is 51.7 Å². The Morgan fingerprint density at radius 3 is 2.77 bits per heavy atom. The van der Waals surface area contributed by atoms with Gasteiger partial charge in [0.2, 0.25) is 0 Å². The summed E-state index contributed by atoms with van der Waals surface area (Å²) >= 11 is 1.57. The maximum absolute atomic E-state index is 13.5. The monoisotopic (exact) mass is 438 g/mol. The lowest BCUT2D eigenvalue weighted by Gasteiger charge is -2.23. The van der Waals surface area contributed by atoms with Crippen LogP contribution in [0.25, 0.3) is 10.2 Å². The fraction of sp³-hybridized carbons (Fsp3) is 0.440. The van der Waals surface area contributed by atoms with Gasteiger partial charge in [-0.05, 0) is 61.6 Å². The van der Waals surface area contributed by atoms with Crippen molar-refractivity contribution in [3.05, 3.63) is 53.6 Å². The van der Waals surface area contributed by atoms with Crippen LogP contribution in [0.15, 0.2) is 42.5 Å². The summed E-state index contributed by atoms with van der Waals surface area (Å²) in [6.07, 6.45) is 5.09. The number of thiazole rings is 1. The van der Waals surface area contributed by atoms with E-state index in [0.717, 1.165) is 59.8 Å². The molecule has 1 aliphatic rings. The number of amides is 1. The molecule has 1 amide bonds. The van der Waals surface area contributed by atoms with Gasteiger partial charge < -0.3 is 9.47 Å². The van der Waals surface area contributed by atoms with E-state index in [4.69, 9.17) is 14.5 Å². The first kappa shape index (κ1) is 21.8. The van der Waals surface area contributed by atoms with Crippen molar-refractivity contribution in [3.8, 4) is 5.75 Å². The van der Waals surface area contributed by atoms with Gasteiger partial charge in [-0.25, -0.2) is 4.98 Å². The highest BCUT2D eigenvalue weighted by Gasteiger charge is 2.27. The van der Waals surface area contributed by atoms with E-state index in [-0.39, 0.29) is 12.0 Å². The molecule has 0 spiro atoms. The van der Waals surface area contributed by atoms with Crippen LogP contribution < -0.4 is 9.64 Å². The quantitative estimate of drug-likeness (QED) is 0.393. The number of nitrogens with zero attached hydrogens (tertiary/aromatic N) is 2. The molecule has 0 bridgehead atoms. The largest absolute Gasteiger partial charge is 0.494 e. The number of hydrogen-bond donors (Lipinski definition) is 0. The maximum Gasteiger partial charge on any atom is 0.260 e. The summed E-state index contributed by atoms with van der Waals surface area (Å²) in [4.78, 5) is 20.2. The third-order valence-electron chi connectivity index (χ3n) is 5.63. The Hall–Kier alpha value is -2.44. The fourth-order valence-corrected chi connectivity index (χ4v) is 4.84. The van der Waals surface area contributed by atoms with Crippen LogP contribution in [0.5, 0.6) is 5.75 Å². The SMILES string of the molecule is CCCCOc1ccc(C(=O)N(CC2CCCO2)c2nc3c(CC)cccc3s2)cc1. The number of aryl methyl sites for hydroxylation is 1. The average Bonchev–Trinajstić information content (AvgIpc) is 3.47. The van der Waals surface area contributed by atoms with Crippen molar-refractivity contribution >= 4 is 32.6 Å². The van der Waals surface area contributed by atoms with Crippen molar-refractivity contribution in [2.24, 2.45) is 0 Å². The van der Waals surface area contributed by atoms with Gasteiger partial charge in [-0.3, -0.25) is 9.69 Å². The highest BCUT2D eigenvalue weighted by Crippen LogP contribution is 2.33. The minimum atomic E-state index is -0.0484. The first-order chi connectivity index (χ1) is 15.2. The van der Waals surface area contributed by atoms with Gasteiger partial charge in [0.05, 0.1) is 29.5 Å². The van der Waals surface area contributed by atoms with Crippen molar-refractivity contribution < 1.29 is 14.3 Å². The average molecular weight is 439 g/mol. The van der Waals surface area contributed by atoms with E-state index in [1.54, 1.807) is 16.2 Å². The number of benzene rings is 2. The first-order valence-corrected chi connectivity index (χ1v) is 12.1. The summed E-state index contributed by atoms with van der Waals surface area (Å²) in [7, 11) is 0. The molecule has 0 saturated carbocycles. The zero-order valence-electron chi connectivity index (χ0n) is 18.3. The second kappa shape index (κ2) is 10.2. The molecular formula is C25H30N2O3S. The summed E-state index contributed by atoms with van der Waals surface area (Å²) in [5.41, 5.74) is 2.84. The Balaban J connectivity index is 1.61. The lowest BCUT2D eigenvalue weighted by molar-refractivity contribution is 0.0917. The lowest BCUT2D eigenvalue weighted by atomic mass is 10.1. The van der Waals surface area contributed by atoms with Crippen LogP contribution in [-0.4, -0.2) is 36.8 Å². The van der Waals surface area contributed by atoms with Crippen LogP contribution in [0.1, 0.15) is 55.5 Å². The van der Waals surface area contributed by atoms with E-state index in [9.17, 15) is 4.79 Å². The molecule has 1 unspecified atom stereocenters. The van der Waals surface area contributed by atoms with Crippen LogP contribution in [-0.2, 0) is 11.2 Å². The fourth-order valence-electron chi connectivity index (χ4n) is 3.82. The highest BCUT2D eigenvalue weighted by molar-refractivity contribution is 7.22. The number of aromatic nitrogens is 1. The molecule has 4 rings (SSSR count). The minimum Gasteiger partial charge on any atom is -0.494 e. The molecule has 5 nitrogen and oxygen atoms in total. The van der Waals surface area contributed by atoms with Crippen molar-refractivity contribution in [1.29, 1.82) is 0 Å². The molecule has 1 fully saturated rings. The molecule has 6 heteroatoms. The van der Waals surface area contributed by atoms with Crippen molar-refractivity contribution in [2.45, 2.75) is 52.1 Å². The molecule has 2 heterocycles. The zero-order chi connectivity index (χ0) is 21.6. The molecule has 3 aromatic rings. The normalized spacial score (nSPS) is 16.0. The minimum absolute atomic E-state index is 0.0484. The van der Waals surface area contributed by atoms with E-state index < -0.39 is 0 Å². The molecule has 1 aromatic heterocycles. The lowest BCUT2D eigenvalue weighted by Crippen LogP contribution is -2.37. The molecule has 31 heavy (non-hydrogen) atoms. The van der Waals surface area contributed by atoms with Gasteiger partial charge in [-0.1, -0.05) is 43.7 Å². The number of fused-ring (bicyclic) bond motifs is 1.